The van der Waals surface area contributed by atoms with Crippen molar-refractivity contribution in [3.8, 4) is 5.88 Å². The van der Waals surface area contributed by atoms with Gasteiger partial charge in [-0.2, -0.15) is 4.98 Å². The van der Waals surface area contributed by atoms with E-state index in [2.05, 4.69) is 15.3 Å². The number of carbonyl (C=O) groups is 1. The Balaban J connectivity index is 1.94. The fourth-order valence-corrected chi connectivity index (χ4v) is 4.70. The van der Waals surface area contributed by atoms with Crippen LogP contribution in [0.15, 0.2) is 0 Å². The van der Waals surface area contributed by atoms with Crippen LogP contribution in [-0.4, -0.2) is 61.7 Å². The summed E-state index contributed by atoms with van der Waals surface area (Å²) in [5.41, 5.74) is 0.895. The average molecular weight is 378 g/mol. The van der Waals surface area contributed by atoms with E-state index >= 15 is 0 Å². The number of amides is 1. The van der Waals surface area contributed by atoms with Crippen LogP contribution in [0.5, 0.6) is 5.88 Å². The molecule has 7 nitrogen and oxygen atoms in total. The van der Waals surface area contributed by atoms with Gasteiger partial charge in [-0.15, -0.1) is 11.3 Å². The molecule has 142 valence electrons. The van der Waals surface area contributed by atoms with Crippen LogP contribution in [0.25, 0.3) is 10.2 Å². The lowest BCUT2D eigenvalue weighted by Crippen LogP contribution is -2.42. The molecule has 0 radical (unpaired) electrons. The van der Waals surface area contributed by atoms with Crippen LogP contribution in [0.3, 0.4) is 0 Å². The Hall–Kier alpha value is -1.77. The number of piperidine rings is 1. The van der Waals surface area contributed by atoms with Gasteiger partial charge in [0.25, 0.3) is 5.91 Å². The fraction of sp³-hybridized carbons (Fsp3) is 0.611. The first kappa shape index (κ1) is 19.0. The minimum atomic E-state index is 0.0849. The van der Waals surface area contributed by atoms with Crippen LogP contribution in [0, 0.1) is 12.8 Å². The summed E-state index contributed by atoms with van der Waals surface area (Å²) < 4.78 is 10.6. The maximum atomic E-state index is 13.2. The Morgan fingerprint density at radius 2 is 2.19 bits per heavy atom. The van der Waals surface area contributed by atoms with Gasteiger partial charge in [-0.3, -0.25) is 4.79 Å². The molecule has 2 aromatic rings. The van der Waals surface area contributed by atoms with Gasteiger partial charge in [0.2, 0.25) is 5.88 Å². The van der Waals surface area contributed by atoms with Crippen molar-refractivity contribution < 1.29 is 14.3 Å². The lowest BCUT2D eigenvalue weighted by Gasteiger charge is -2.32. The molecular formula is C18H26N4O3S. The number of nitrogens with zero attached hydrogens (tertiary/aromatic N) is 3. The molecule has 0 spiro atoms. The lowest BCUT2D eigenvalue weighted by molar-refractivity contribution is 0.0678. The highest BCUT2D eigenvalue weighted by Crippen LogP contribution is 2.36. The molecule has 1 saturated heterocycles. The molecule has 1 atom stereocenters. The van der Waals surface area contributed by atoms with Crippen molar-refractivity contribution in [1.29, 1.82) is 0 Å². The first-order chi connectivity index (χ1) is 12.6. The van der Waals surface area contributed by atoms with Crippen molar-refractivity contribution in [2.24, 2.45) is 5.92 Å². The van der Waals surface area contributed by atoms with Gasteiger partial charge in [-0.25, -0.2) is 4.98 Å². The Morgan fingerprint density at radius 1 is 1.38 bits per heavy atom. The van der Waals surface area contributed by atoms with E-state index < -0.39 is 0 Å². The van der Waals surface area contributed by atoms with Gasteiger partial charge in [0, 0.05) is 20.2 Å². The van der Waals surface area contributed by atoms with Gasteiger partial charge in [-0.05, 0) is 44.8 Å². The lowest BCUT2D eigenvalue weighted by atomic mass is 9.97. The molecule has 26 heavy (non-hydrogen) atoms. The van der Waals surface area contributed by atoms with E-state index in [1.54, 1.807) is 14.2 Å². The minimum Gasteiger partial charge on any atom is -0.480 e. The van der Waals surface area contributed by atoms with Crippen LogP contribution >= 0.6 is 11.3 Å². The number of nitrogens with one attached hydrogen (secondary N) is 1. The summed E-state index contributed by atoms with van der Waals surface area (Å²) in [5.74, 6) is 1.65. The van der Waals surface area contributed by atoms with E-state index in [0.29, 0.717) is 24.2 Å². The molecule has 1 N–H and O–H groups in total. The maximum absolute atomic E-state index is 13.2. The second-order valence-electron chi connectivity index (χ2n) is 6.64. The van der Waals surface area contributed by atoms with Crippen molar-refractivity contribution in [2.75, 3.05) is 40.9 Å². The van der Waals surface area contributed by atoms with E-state index in [1.807, 2.05) is 18.9 Å². The maximum Gasteiger partial charge on any atom is 0.264 e. The van der Waals surface area contributed by atoms with Crippen molar-refractivity contribution in [1.82, 2.24) is 20.2 Å². The molecule has 0 aromatic carbocycles. The van der Waals surface area contributed by atoms with Crippen molar-refractivity contribution in [3.05, 3.63) is 16.3 Å². The number of aryl methyl sites for hydroxylation is 1. The Morgan fingerprint density at radius 3 is 2.88 bits per heavy atom. The molecule has 8 heteroatoms. The number of carbonyl (C=O) groups excluding carboxylic acids is 1. The number of thiophene rings is 1. The quantitative estimate of drug-likeness (QED) is 0.831. The number of likely N-dealkylation sites (tertiary alicyclic amines) is 1. The highest BCUT2D eigenvalue weighted by molar-refractivity contribution is 7.20. The highest BCUT2D eigenvalue weighted by atomic mass is 32.1. The van der Waals surface area contributed by atoms with Gasteiger partial charge in [-0.1, -0.05) is 0 Å². The summed E-state index contributed by atoms with van der Waals surface area (Å²) in [6.45, 7) is 4.80. The predicted molar refractivity (Wildman–Crippen MR) is 102 cm³/mol. The van der Waals surface area contributed by atoms with Gasteiger partial charge in [0.1, 0.15) is 11.4 Å². The molecule has 0 aliphatic carbocycles. The number of rotatable bonds is 6. The zero-order valence-electron chi connectivity index (χ0n) is 15.8. The summed E-state index contributed by atoms with van der Waals surface area (Å²) in [4.78, 5) is 25.6. The molecule has 1 amide bonds. The molecule has 0 saturated carbocycles. The van der Waals surface area contributed by atoms with Crippen molar-refractivity contribution in [2.45, 2.75) is 26.4 Å². The second-order valence-corrected chi connectivity index (χ2v) is 7.63. The largest absolute Gasteiger partial charge is 0.480 e. The molecule has 1 fully saturated rings. The van der Waals surface area contributed by atoms with Gasteiger partial charge in [0.05, 0.1) is 17.4 Å². The number of hydrogen-bond donors (Lipinski definition) is 1. The number of aromatic nitrogens is 2. The third-order valence-corrected chi connectivity index (χ3v) is 5.94. The topological polar surface area (TPSA) is 76.6 Å². The van der Waals surface area contributed by atoms with Crippen LogP contribution in [0.1, 0.15) is 33.9 Å². The van der Waals surface area contributed by atoms with Gasteiger partial charge < -0.3 is 19.7 Å². The first-order valence-corrected chi connectivity index (χ1v) is 9.67. The minimum absolute atomic E-state index is 0.0849. The van der Waals surface area contributed by atoms with E-state index in [4.69, 9.17) is 9.47 Å². The molecule has 1 aliphatic heterocycles. The summed E-state index contributed by atoms with van der Waals surface area (Å²) in [6, 6.07) is 0. The van der Waals surface area contributed by atoms with Gasteiger partial charge >= 0.3 is 0 Å². The Kier molecular flexibility index (Phi) is 6.05. The summed E-state index contributed by atoms with van der Waals surface area (Å²) in [7, 11) is 5.15. The third kappa shape index (κ3) is 3.67. The summed E-state index contributed by atoms with van der Waals surface area (Å²) in [6.07, 6.45) is 2.21. The SMILES string of the molecule is CNCC1CCCN(C(=O)c2sc3nc(COC)nc(OC)c3c2C)C1. The number of ether oxygens (including phenoxy) is 2. The summed E-state index contributed by atoms with van der Waals surface area (Å²) in [5, 5.41) is 4.04. The normalized spacial score (nSPS) is 17.7. The smallest absolute Gasteiger partial charge is 0.264 e. The van der Waals surface area contributed by atoms with Crippen LogP contribution in [0.2, 0.25) is 0 Å². The zero-order valence-corrected chi connectivity index (χ0v) is 16.6. The standard InChI is InChI=1S/C18H26N4O3S/c1-11-14-16(25-4)20-13(10-24-3)21-17(14)26-15(11)18(23)22-7-5-6-12(9-22)8-19-2/h12,19H,5-10H2,1-4H3. The Labute approximate surface area is 157 Å². The molecule has 2 aromatic heterocycles. The van der Waals surface area contributed by atoms with Crippen LogP contribution in [0.4, 0.5) is 0 Å². The predicted octanol–water partition coefficient (Wildman–Crippen LogP) is 2.23. The van der Waals surface area contributed by atoms with Crippen LogP contribution in [-0.2, 0) is 11.3 Å². The van der Waals surface area contributed by atoms with Gasteiger partial charge in [0.15, 0.2) is 5.82 Å². The van der Waals surface area contributed by atoms with Crippen molar-refractivity contribution >= 4 is 27.5 Å². The average Bonchev–Trinajstić information content (AvgIpc) is 2.98. The fourth-order valence-electron chi connectivity index (χ4n) is 3.54. The third-order valence-electron chi connectivity index (χ3n) is 4.76. The molecule has 0 bridgehead atoms. The van der Waals surface area contributed by atoms with E-state index in [9.17, 15) is 4.79 Å². The van der Waals surface area contributed by atoms with E-state index in [0.717, 1.165) is 53.1 Å². The highest BCUT2D eigenvalue weighted by Gasteiger charge is 2.28. The molecule has 1 unspecified atom stereocenters. The number of hydrogen-bond acceptors (Lipinski definition) is 7. The Bertz CT molecular complexity index is 790. The molecule has 3 rings (SSSR count). The number of methoxy groups -OCH3 is 2. The van der Waals surface area contributed by atoms with Crippen molar-refractivity contribution in [3.63, 3.8) is 0 Å². The number of fused-ring (bicyclic) bond motifs is 1. The van der Waals surface area contributed by atoms with E-state index in [1.165, 1.54) is 11.3 Å². The summed E-state index contributed by atoms with van der Waals surface area (Å²) >= 11 is 1.42. The second kappa shape index (κ2) is 8.28. The monoisotopic (exact) mass is 378 g/mol. The first-order valence-electron chi connectivity index (χ1n) is 8.85. The van der Waals surface area contributed by atoms with E-state index in [-0.39, 0.29) is 5.91 Å². The molecular weight excluding hydrogens is 352 g/mol. The zero-order chi connectivity index (χ0) is 18.7. The molecule has 1 aliphatic rings. The molecule has 3 heterocycles. The van der Waals surface area contributed by atoms with Crippen LogP contribution < -0.4 is 10.1 Å².